The quantitative estimate of drug-likeness (QED) is 0.785. The van der Waals surface area contributed by atoms with Gasteiger partial charge in [-0.3, -0.25) is 0 Å². The summed E-state index contributed by atoms with van der Waals surface area (Å²) in [5, 5.41) is 3.03. The van der Waals surface area contributed by atoms with Gasteiger partial charge in [-0.2, -0.15) is 17.0 Å². The standard InChI is InChI=1S/C12H25N3O3S/c1-11-3-5-14(6-4-11)19(16,17)15-7-8-18-12(10-15)9-13-2/h11-13H,3-10H2,1-2H3. The third-order valence-corrected chi connectivity index (χ3v) is 5.93. The van der Waals surface area contributed by atoms with E-state index >= 15 is 0 Å². The van der Waals surface area contributed by atoms with Crippen molar-refractivity contribution in [3.8, 4) is 0 Å². The van der Waals surface area contributed by atoms with Gasteiger partial charge in [0.1, 0.15) is 0 Å². The zero-order valence-electron chi connectivity index (χ0n) is 11.8. The maximum atomic E-state index is 12.6. The van der Waals surface area contributed by atoms with Gasteiger partial charge in [-0.15, -0.1) is 0 Å². The smallest absolute Gasteiger partial charge is 0.282 e. The second-order valence-corrected chi connectivity index (χ2v) is 7.43. The molecule has 2 heterocycles. The normalized spacial score (nSPS) is 28.6. The van der Waals surface area contributed by atoms with Gasteiger partial charge in [0.2, 0.25) is 0 Å². The number of hydrogen-bond acceptors (Lipinski definition) is 4. The zero-order chi connectivity index (χ0) is 13.9. The van der Waals surface area contributed by atoms with Crippen molar-refractivity contribution in [2.45, 2.75) is 25.9 Å². The average molecular weight is 291 g/mol. The first-order chi connectivity index (χ1) is 9.04. The van der Waals surface area contributed by atoms with Crippen LogP contribution in [0.15, 0.2) is 0 Å². The minimum Gasteiger partial charge on any atom is -0.374 e. The van der Waals surface area contributed by atoms with Gasteiger partial charge >= 0.3 is 0 Å². The summed E-state index contributed by atoms with van der Waals surface area (Å²) in [6.45, 7) is 5.57. The van der Waals surface area contributed by atoms with Crippen LogP contribution in [0.25, 0.3) is 0 Å². The molecular weight excluding hydrogens is 266 g/mol. The van der Waals surface area contributed by atoms with Gasteiger partial charge in [0.05, 0.1) is 12.7 Å². The molecule has 2 aliphatic rings. The highest BCUT2D eigenvalue weighted by Crippen LogP contribution is 2.22. The lowest BCUT2D eigenvalue weighted by molar-refractivity contribution is -0.00124. The highest BCUT2D eigenvalue weighted by atomic mass is 32.2. The Hall–Kier alpha value is -0.210. The minimum absolute atomic E-state index is 0.0442. The zero-order valence-corrected chi connectivity index (χ0v) is 12.7. The van der Waals surface area contributed by atoms with Crippen LogP contribution >= 0.6 is 0 Å². The second-order valence-electron chi connectivity index (χ2n) is 5.50. The van der Waals surface area contributed by atoms with E-state index in [2.05, 4.69) is 12.2 Å². The molecule has 0 aromatic heterocycles. The molecule has 0 spiro atoms. The first kappa shape index (κ1) is 15.2. The van der Waals surface area contributed by atoms with Gasteiger partial charge in [-0.05, 0) is 25.8 Å². The summed E-state index contributed by atoms with van der Waals surface area (Å²) < 4.78 is 33.9. The molecule has 0 saturated carbocycles. The van der Waals surface area contributed by atoms with Crippen LogP contribution in [0.2, 0.25) is 0 Å². The number of nitrogens with zero attached hydrogens (tertiary/aromatic N) is 2. The second kappa shape index (κ2) is 6.49. The molecule has 0 aromatic carbocycles. The van der Waals surface area contributed by atoms with Crippen molar-refractivity contribution in [2.75, 3.05) is 46.4 Å². The minimum atomic E-state index is -3.30. The Balaban J connectivity index is 1.98. The van der Waals surface area contributed by atoms with E-state index in [0.29, 0.717) is 45.2 Å². The molecule has 2 fully saturated rings. The third-order valence-electron chi connectivity index (χ3n) is 3.93. The van der Waals surface area contributed by atoms with E-state index in [1.54, 1.807) is 8.61 Å². The van der Waals surface area contributed by atoms with E-state index < -0.39 is 10.2 Å². The molecule has 1 atom stereocenters. The van der Waals surface area contributed by atoms with Crippen LogP contribution in [0.1, 0.15) is 19.8 Å². The summed E-state index contributed by atoms with van der Waals surface area (Å²) >= 11 is 0. The number of ether oxygens (including phenoxy) is 1. The first-order valence-electron chi connectivity index (χ1n) is 7.05. The van der Waals surface area contributed by atoms with E-state index in [1.807, 2.05) is 7.05 Å². The van der Waals surface area contributed by atoms with Gasteiger partial charge < -0.3 is 10.1 Å². The number of hydrogen-bond donors (Lipinski definition) is 1. The Morgan fingerprint density at radius 1 is 1.21 bits per heavy atom. The van der Waals surface area contributed by atoms with E-state index in [0.717, 1.165) is 12.8 Å². The summed E-state index contributed by atoms with van der Waals surface area (Å²) in [5.41, 5.74) is 0. The van der Waals surface area contributed by atoms with Gasteiger partial charge in [-0.1, -0.05) is 6.92 Å². The molecule has 0 radical (unpaired) electrons. The van der Waals surface area contributed by atoms with Crippen LogP contribution in [-0.4, -0.2) is 69.5 Å². The van der Waals surface area contributed by atoms with E-state index in [1.165, 1.54) is 0 Å². The fraction of sp³-hybridized carbons (Fsp3) is 1.00. The summed E-state index contributed by atoms with van der Waals surface area (Å²) in [5.74, 6) is 0.633. The molecule has 0 aliphatic carbocycles. The molecule has 1 N–H and O–H groups in total. The predicted octanol–water partition coefficient (Wildman–Crippen LogP) is -0.117. The van der Waals surface area contributed by atoms with Crippen molar-refractivity contribution >= 4 is 10.2 Å². The Morgan fingerprint density at radius 3 is 2.53 bits per heavy atom. The van der Waals surface area contributed by atoms with Crippen LogP contribution in [0.3, 0.4) is 0 Å². The molecule has 0 aromatic rings. The fourth-order valence-corrected chi connectivity index (χ4v) is 4.29. The van der Waals surface area contributed by atoms with E-state index in [9.17, 15) is 8.42 Å². The van der Waals surface area contributed by atoms with Crippen molar-refractivity contribution in [1.29, 1.82) is 0 Å². The molecule has 2 saturated heterocycles. The summed E-state index contributed by atoms with van der Waals surface area (Å²) in [4.78, 5) is 0. The average Bonchev–Trinajstić information content (AvgIpc) is 2.40. The van der Waals surface area contributed by atoms with Crippen molar-refractivity contribution in [3.63, 3.8) is 0 Å². The van der Waals surface area contributed by atoms with Gasteiger partial charge in [0.15, 0.2) is 0 Å². The summed E-state index contributed by atoms with van der Waals surface area (Å²) in [6.07, 6.45) is 1.88. The van der Waals surface area contributed by atoms with Crippen LogP contribution in [-0.2, 0) is 14.9 Å². The Morgan fingerprint density at radius 2 is 1.89 bits per heavy atom. The molecule has 7 heteroatoms. The third kappa shape index (κ3) is 3.66. The van der Waals surface area contributed by atoms with Gasteiger partial charge in [0.25, 0.3) is 10.2 Å². The fourth-order valence-electron chi connectivity index (χ4n) is 2.63. The Labute approximate surface area is 116 Å². The topological polar surface area (TPSA) is 61.9 Å². The van der Waals surface area contributed by atoms with Crippen LogP contribution in [0.5, 0.6) is 0 Å². The monoisotopic (exact) mass is 291 g/mol. The summed E-state index contributed by atoms with van der Waals surface area (Å²) in [7, 11) is -1.45. The lowest BCUT2D eigenvalue weighted by Gasteiger charge is -2.37. The van der Waals surface area contributed by atoms with Crippen molar-refractivity contribution in [1.82, 2.24) is 13.9 Å². The molecule has 0 amide bonds. The highest BCUT2D eigenvalue weighted by Gasteiger charge is 2.35. The molecule has 6 nitrogen and oxygen atoms in total. The molecule has 2 aliphatic heterocycles. The molecule has 2 rings (SSSR count). The molecular formula is C12H25N3O3S. The number of piperidine rings is 1. The Kier molecular flexibility index (Phi) is 5.19. The van der Waals surface area contributed by atoms with Crippen LogP contribution in [0, 0.1) is 5.92 Å². The SMILES string of the molecule is CNCC1CN(S(=O)(=O)N2CCC(C)CC2)CCO1. The Bertz CT molecular complexity index is 378. The van der Waals surface area contributed by atoms with Gasteiger partial charge in [0, 0.05) is 32.7 Å². The predicted molar refractivity (Wildman–Crippen MR) is 74.1 cm³/mol. The largest absolute Gasteiger partial charge is 0.374 e. The number of likely N-dealkylation sites (N-methyl/N-ethyl adjacent to an activating group) is 1. The highest BCUT2D eigenvalue weighted by molar-refractivity contribution is 7.86. The number of nitrogens with one attached hydrogen (secondary N) is 1. The van der Waals surface area contributed by atoms with Gasteiger partial charge in [-0.25, -0.2) is 0 Å². The summed E-state index contributed by atoms with van der Waals surface area (Å²) in [6, 6.07) is 0. The van der Waals surface area contributed by atoms with E-state index in [4.69, 9.17) is 4.74 Å². The van der Waals surface area contributed by atoms with Crippen molar-refractivity contribution < 1.29 is 13.2 Å². The number of morpholine rings is 1. The van der Waals surface area contributed by atoms with Crippen LogP contribution in [0.4, 0.5) is 0 Å². The lowest BCUT2D eigenvalue weighted by Crippen LogP contribution is -2.54. The molecule has 112 valence electrons. The molecule has 19 heavy (non-hydrogen) atoms. The van der Waals surface area contributed by atoms with Crippen LogP contribution < -0.4 is 5.32 Å². The molecule has 0 bridgehead atoms. The first-order valence-corrected chi connectivity index (χ1v) is 8.45. The maximum Gasteiger partial charge on any atom is 0.282 e. The van der Waals surface area contributed by atoms with E-state index in [-0.39, 0.29) is 6.10 Å². The number of rotatable bonds is 4. The molecule has 1 unspecified atom stereocenters. The van der Waals surface area contributed by atoms with Crippen molar-refractivity contribution in [2.24, 2.45) is 5.92 Å². The van der Waals surface area contributed by atoms with Crippen molar-refractivity contribution in [3.05, 3.63) is 0 Å². The lowest BCUT2D eigenvalue weighted by atomic mass is 10.0. The maximum absolute atomic E-state index is 12.6.